The number of nitrogens with zero attached hydrogens (tertiary/aromatic N) is 1. The molecule has 3 nitrogen and oxygen atoms in total. The largest absolute Gasteiger partial charge is 0.380 e. The third-order valence-electron chi connectivity index (χ3n) is 4.88. The molecule has 4 heteroatoms. The summed E-state index contributed by atoms with van der Waals surface area (Å²) in [6.45, 7) is 7.47. The third kappa shape index (κ3) is 3.21. The number of benzene rings is 1. The fourth-order valence-electron chi connectivity index (χ4n) is 3.18. The minimum atomic E-state index is 0.210. The second kappa shape index (κ2) is 6.57. The Balaban J connectivity index is 2.17. The molecule has 21 heavy (non-hydrogen) atoms. The van der Waals surface area contributed by atoms with E-state index < -0.39 is 0 Å². The third-order valence-corrected chi connectivity index (χ3v) is 5.37. The standard InChI is InChI=1S/C17H27BrN2O/c1-6-17(3)15(11-16(17)21-7-2)19-13-10-12(18)8-9-14(13)20(4)5/h8-10,15-16,19H,6-7,11H2,1-5H3. The number of nitrogens with one attached hydrogen (secondary N) is 1. The van der Waals surface area contributed by atoms with Crippen molar-refractivity contribution in [3.63, 3.8) is 0 Å². The van der Waals surface area contributed by atoms with Crippen molar-refractivity contribution in [2.75, 3.05) is 30.9 Å². The SMILES string of the molecule is CCOC1CC(Nc2cc(Br)ccc2N(C)C)C1(C)CC. The Bertz CT molecular complexity index is 492. The average Bonchev–Trinajstić information content (AvgIpc) is 2.45. The lowest BCUT2D eigenvalue weighted by molar-refractivity contribution is -0.109. The van der Waals surface area contributed by atoms with E-state index in [1.807, 2.05) is 0 Å². The topological polar surface area (TPSA) is 24.5 Å². The maximum atomic E-state index is 5.89. The van der Waals surface area contributed by atoms with Crippen molar-refractivity contribution in [1.82, 2.24) is 0 Å². The van der Waals surface area contributed by atoms with Gasteiger partial charge in [0.1, 0.15) is 0 Å². The summed E-state index contributed by atoms with van der Waals surface area (Å²) in [6.07, 6.45) is 2.58. The van der Waals surface area contributed by atoms with Crippen molar-refractivity contribution in [3.05, 3.63) is 22.7 Å². The minimum Gasteiger partial charge on any atom is -0.380 e. The Labute approximate surface area is 137 Å². The van der Waals surface area contributed by atoms with Gasteiger partial charge in [0.25, 0.3) is 0 Å². The van der Waals surface area contributed by atoms with Crippen molar-refractivity contribution in [2.24, 2.45) is 5.41 Å². The van der Waals surface area contributed by atoms with Crippen LogP contribution in [0, 0.1) is 5.41 Å². The van der Waals surface area contributed by atoms with Crippen LogP contribution in [-0.2, 0) is 4.74 Å². The van der Waals surface area contributed by atoms with Gasteiger partial charge >= 0.3 is 0 Å². The quantitative estimate of drug-likeness (QED) is 0.812. The molecule has 1 aliphatic rings. The molecule has 1 aliphatic carbocycles. The molecule has 0 bridgehead atoms. The highest BCUT2D eigenvalue weighted by atomic mass is 79.9. The first-order valence-corrected chi connectivity index (χ1v) is 8.56. The van der Waals surface area contributed by atoms with Crippen LogP contribution in [0.3, 0.4) is 0 Å². The first-order chi connectivity index (χ1) is 9.92. The summed E-state index contributed by atoms with van der Waals surface area (Å²) in [5.74, 6) is 0. The molecular weight excluding hydrogens is 328 g/mol. The predicted molar refractivity (Wildman–Crippen MR) is 94.3 cm³/mol. The number of halogens is 1. The second-order valence-electron chi connectivity index (χ2n) is 6.29. The van der Waals surface area contributed by atoms with Gasteiger partial charge in [-0.2, -0.15) is 0 Å². The van der Waals surface area contributed by atoms with Crippen LogP contribution >= 0.6 is 15.9 Å². The van der Waals surface area contributed by atoms with E-state index in [1.165, 1.54) is 11.4 Å². The molecule has 0 saturated heterocycles. The van der Waals surface area contributed by atoms with Gasteiger partial charge in [-0.25, -0.2) is 0 Å². The summed E-state index contributed by atoms with van der Waals surface area (Å²) in [5, 5.41) is 3.75. The molecule has 1 aromatic rings. The second-order valence-corrected chi connectivity index (χ2v) is 7.21. The van der Waals surface area contributed by atoms with Gasteiger partial charge in [-0.3, -0.25) is 0 Å². The summed E-state index contributed by atoms with van der Waals surface area (Å²) in [7, 11) is 4.16. The molecule has 0 spiro atoms. The van der Waals surface area contributed by atoms with Crippen LogP contribution in [0.25, 0.3) is 0 Å². The molecule has 1 N–H and O–H groups in total. The van der Waals surface area contributed by atoms with Crippen LogP contribution in [0.1, 0.15) is 33.6 Å². The van der Waals surface area contributed by atoms with E-state index in [-0.39, 0.29) is 5.41 Å². The van der Waals surface area contributed by atoms with Crippen LogP contribution in [0.2, 0.25) is 0 Å². The van der Waals surface area contributed by atoms with Crippen LogP contribution in [0.5, 0.6) is 0 Å². The van der Waals surface area contributed by atoms with E-state index in [1.54, 1.807) is 0 Å². The Hall–Kier alpha value is -0.740. The maximum absolute atomic E-state index is 5.89. The highest BCUT2D eigenvalue weighted by Gasteiger charge is 2.51. The van der Waals surface area contributed by atoms with Gasteiger partial charge in [0.2, 0.25) is 0 Å². The highest BCUT2D eigenvalue weighted by molar-refractivity contribution is 9.10. The summed E-state index contributed by atoms with van der Waals surface area (Å²) in [6, 6.07) is 6.86. The van der Waals surface area contributed by atoms with Crippen LogP contribution < -0.4 is 10.2 Å². The molecule has 2 rings (SSSR count). The van der Waals surface area contributed by atoms with Gasteiger partial charge in [0.05, 0.1) is 17.5 Å². The summed E-state index contributed by atoms with van der Waals surface area (Å²) in [4.78, 5) is 2.15. The van der Waals surface area contributed by atoms with Crippen LogP contribution in [-0.4, -0.2) is 32.8 Å². The predicted octanol–water partition coefficient (Wildman–Crippen LogP) is 4.52. The van der Waals surface area contributed by atoms with Gasteiger partial charge in [0.15, 0.2) is 0 Å². The Morgan fingerprint density at radius 2 is 2.10 bits per heavy atom. The highest BCUT2D eigenvalue weighted by Crippen LogP contribution is 2.48. The molecule has 0 aromatic heterocycles. The van der Waals surface area contributed by atoms with E-state index in [4.69, 9.17) is 4.74 Å². The zero-order valence-electron chi connectivity index (χ0n) is 13.7. The number of anilines is 2. The summed E-state index contributed by atoms with van der Waals surface area (Å²) >= 11 is 3.57. The van der Waals surface area contributed by atoms with E-state index in [2.05, 4.69) is 79.2 Å². The molecule has 0 amide bonds. The molecule has 1 fully saturated rings. The van der Waals surface area contributed by atoms with Crippen molar-refractivity contribution in [2.45, 2.75) is 45.8 Å². The fourth-order valence-corrected chi connectivity index (χ4v) is 3.54. The molecule has 0 heterocycles. The molecule has 118 valence electrons. The molecule has 1 saturated carbocycles. The average molecular weight is 355 g/mol. The van der Waals surface area contributed by atoms with Crippen molar-refractivity contribution < 1.29 is 4.74 Å². The molecule has 0 radical (unpaired) electrons. The van der Waals surface area contributed by atoms with Crippen LogP contribution in [0.4, 0.5) is 11.4 Å². The molecule has 1 aromatic carbocycles. The number of hydrogen-bond donors (Lipinski definition) is 1. The first kappa shape index (κ1) is 16.6. The molecule has 3 atom stereocenters. The lowest BCUT2D eigenvalue weighted by atomic mass is 9.61. The zero-order valence-corrected chi connectivity index (χ0v) is 15.3. The Kier molecular flexibility index (Phi) is 5.20. The van der Waals surface area contributed by atoms with E-state index in [0.29, 0.717) is 12.1 Å². The molecular formula is C17H27BrN2O. The first-order valence-electron chi connectivity index (χ1n) is 7.77. The van der Waals surface area contributed by atoms with Gasteiger partial charge in [-0.05, 0) is 38.0 Å². The van der Waals surface area contributed by atoms with Crippen molar-refractivity contribution >= 4 is 27.3 Å². The van der Waals surface area contributed by atoms with E-state index >= 15 is 0 Å². The molecule has 3 unspecified atom stereocenters. The monoisotopic (exact) mass is 354 g/mol. The fraction of sp³-hybridized carbons (Fsp3) is 0.647. The lowest BCUT2D eigenvalue weighted by Gasteiger charge is -2.54. The zero-order chi connectivity index (χ0) is 15.6. The minimum absolute atomic E-state index is 0.210. The van der Waals surface area contributed by atoms with Crippen molar-refractivity contribution in [3.8, 4) is 0 Å². The molecule has 0 aliphatic heterocycles. The summed E-state index contributed by atoms with van der Waals surface area (Å²) < 4.78 is 7.00. The number of rotatable bonds is 6. The summed E-state index contributed by atoms with van der Waals surface area (Å²) in [5.41, 5.74) is 2.62. The van der Waals surface area contributed by atoms with E-state index in [9.17, 15) is 0 Å². The van der Waals surface area contributed by atoms with Crippen LogP contribution in [0.15, 0.2) is 22.7 Å². The van der Waals surface area contributed by atoms with E-state index in [0.717, 1.165) is 23.9 Å². The maximum Gasteiger partial charge on any atom is 0.0667 e. The van der Waals surface area contributed by atoms with Gasteiger partial charge in [-0.15, -0.1) is 0 Å². The number of hydrogen-bond acceptors (Lipinski definition) is 3. The van der Waals surface area contributed by atoms with Crippen molar-refractivity contribution in [1.29, 1.82) is 0 Å². The smallest absolute Gasteiger partial charge is 0.0667 e. The number of ether oxygens (including phenoxy) is 1. The van der Waals surface area contributed by atoms with Gasteiger partial charge in [-0.1, -0.05) is 29.8 Å². The lowest BCUT2D eigenvalue weighted by Crippen LogP contribution is -2.59. The van der Waals surface area contributed by atoms with Gasteiger partial charge in [0, 0.05) is 36.6 Å². The Morgan fingerprint density at radius 3 is 2.67 bits per heavy atom. The normalized spacial score (nSPS) is 28.1. The Morgan fingerprint density at radius 1 is 1.38 bits per heavy atom. The van der Waals surface area contributed by atoms with Gasteiger partial charge < -0.3 is 15.0 Å².